The van der Waals surface area contributed by atoms with Gasteiger partial charge in [-0.15, -0.1) is 0 Å². The van der Waals surface area contributed by atoms with Gasteiger partial charge in [-0.05, 0) is 57.6 Å². The molecule has 0 aliphatic carbocycles. The van der Waals surface area contributed by atoms with Gasteiger partial charge in [0.15, 0.2) is 0 Å². The topological polar surface area (TPSA) is 12.5 Å². The number of hydrogen-bond donors (Lipinski definition) is 0. The molecule has 0 aromatic heterocycles. The lowest BCUT2D eigenvalue weighted by molar-refractivity contribution is 0.306. The zero-order chi connectivity index (χ0) is 13.2. The molecular weight excluding hydrogens is 222 g/mol. The minimum atomic E-state index is 0.841. The summed E-state index contributed by atoms with van der Waals surface area (Å²) < 4.78 is 5.70. The monoisotopic (exact) mass is 249 g/mol. The van der Waals surface area contributed by atoms with Crippen molar-refractivity contribution in [3.63, 3.8) is 0 Å². The fourth-order valence-electron chi connectivity index (χ4n) is 1.89. The Morgan fingerprint density at radius 1 is 1.00 bits per heavy atom. The molecule has 0 heterocycles. The zero-order valence-corrected chi connectivity index (χ0v) is 12.1. The highest BCUT2D eigenvalue weighted by molar-refractivity contribution is 5.27. The van der Waals surface area contributed by atoms with Crippen LogP contribution in [0.5, 0.6) is 5.75 Å². The van der Waals surface area contributed by atoms with Crippen LogP contribution in [0, 0.1) is 0 Å². The summed E-state index contributed by atoms with van der Waals surface area (Å²) in [6.45, 7) is 4.20. The Labute approximate surface area is 112 Å². The van der Waals surface area contributed by atoms with Crippen LogP contribution in [0.15, 0.2) is 24.3 Å². The van der Waals surface area contributed by atoms with E-state index >= 15 is 0 Å². The van der Waals surface area contributed by atoms with Crippen LogP contribution in [0.4, 0.5) is 0 Å². The molecule has 0 bridgehead atoms. The van der Waals surface area contributed by atoms with Crippen molar-refractivity contribution in [2.45, 2.75) is 39.0 Å². The first-order valence-electron chi connectivity index (χ1n) is 7.09. The van der Waals surface area contributed by atoms with Crippen LogP contribution in [0.2, 0.25) is 0 Å². The molecule has 0 aliphatic heterocycles. The molecule has 0 amide bonds. The number of aryl methyl sites for hydroxylation is 1. The molecule has 0 saturated heterocycles. The third kappa shape index (κ3) is 6.65. The van der Waals surface area contributed by atoms with E-state index in [1.807, 2.05) is 0 Å². The van der Waals surface area contributed by atoms with Crippen LogP contribution in [0.25, 0.3) is 0 Å². The molecule has 1 aromatic carbocycles. The molecular formula is C16H27NO. The average Bonchev–Trinajstić information content (AvgIpc) is 2.36. The van der Waals surface area contributed by atoms with Crippen molar-refractivity contribution in [2.24, 2.45) is 0 Å². The first-order valence-corrected chi connectivity index (χ1v) is 7.09. The van der Waals surface area contributed by atoms with Crippen molar-refractivity contribution in [2.75, 3.05) is 27.2 Å². The normalized spacial score (nSPS) is 10.9. The third-order valence-electron chi connectivity index (χ3n) is 3.01. The molecule has 0 fully saturated rings. The maximum atomic E-state index is 5.70. The molecule has 0 atom stereocenters. The quantitative estimate of drug-likeness (QED) is 0.618. The Morgan fingerprint density at radius 3 is 2.33 bits per heavy atom. The average molecular weight is 249 g/mol. The highest BCUT2D eigenvalue weighted by atomic mass is 16.5. The minimum absolute atomic E-state index is 0.841. The highest BCUT2D eigenvalue weighted by Crippen LogP contribution is 2.14. The van der Waals surface area contributed by atoms with Crippen LogP contribution in [-0.4, -0.2) is 32.1 Å². The number of benzene rings is 1. The van der Waals surface area contributed by atoms with Gasteiger partial charge < -0.3 is 9.64 Å². The predicted octanol–water partition coefficient (Wildman–Crippen LogP) is 3.75. The van der Waals surface area contributed by atoms with E-state index in [2.05, 4.69) is 50.2 Å². The first-order chi connectivity index (χ1) is 8.72. The summed E-state index contributed by atoms with van der Waals surface area (Å²) in [4.78, 5) is 2.23. The molecule has 0 saturated carbocycles. The Morgan fingerprint density at radius 2 is 1.72 bits per heavy atom. The molecule has 102 valence electrons. The molecule has 1 rings (SSSR count). The van der Waals surface area contributed by atoms with Crippen LogP contribution in [0.1, 0.15) is 38.2 Å². The lowest BCUT2D eigenvalue weighted by atomic mass is 10.1. The second-order valence-corrected chi connectivity index (χ2v) is 5.11. The second kappa shape index (κ2) is 8.98. The fraction of sp³-hybridized carbons (Fsp3) is 0.625. The molecule has 0 radical (unpaired) electrons. The Balaban J connectivity index is 2.24. The van der Waals surface area contributed by atoms with Gasteiger partial charge in [0.25, 0.3) is 0 Å². The van der Waals surface area contributed by atoms with E-state index in [0.29, 0.717) is 0 Å². The Kier molecular flexibility index (Phi) is 7.51. The van der Waals surface area contributed by atoms with E-state index in [9.17, 15) is 0 Å². The van der Waals surface area contributed by atoms with Crippen molar-refractivity contribution in [3.8, 4) is 5.75 Å². The van der Waals surface area contributed by atoms with E-state index in [1.165, 1.54) is 24.8 Å². The number of ether oxygens (including phenoxy) is 1. The number of hydrogen-bond acceptors (Lipinski definition) is 2. The summed E-state index contributed by atoms with van der Waals surface area (Å²) in [6.07, 6.45) is 6.01. The number of nitrogens with zero attached hydrogens (tertiary/aromatic N) is 1. The van der Waals surface area contributed by atoms with Crippen molar-refractivity contribution < 1.29 is 4.74 Å². The molecule has 0 N–H and O–H groups in total. The van der Waals surface area contributed by atoms with Gasteiger partial charge in [0, 0.05) is 0 Å². The minimum Gasteiger partial charge on any atom is -0.494 e. The summed E-state index contributed by atoms with van der Waals surface area (Å²) >= 11 is 0. The van der Waals surface area contributed by atoms with Gasteiger partial charge >= 0.3 is 0 Å². The smallest absolute Gasteiger partial charge is 0.119 e. The van der Waals surface area contributed by atoms with Gasteiger partial charge in [0.05, 0.1) is 6.61 Å². The molecule has 0 unspecified atom stereocenters. The maximum absolute atomic E-state index is 5.70. The summed E-state index contributed by atoms with van der Waals surface area (Å²) in [7, 11) is 4.24. The standard InChI is InChI=1S/C16H27NO/c1-4-5-6-14-18-16-11-9-15(10-12-16)8-7-13-17(2)3/h9-12H,4-8,13-14H2,1-3H3. The van der Waals surface area contributed by atoms with Crippen molar-refractivity contribution in [3.05, 3.63) is 29.8 Å². The maximum Gasteiger partial charge on any atom is 0.119 e. The Hall–Kier alpha value is -1.02. The van der Waals surface area contributed by atoms with Crippen molar-refractivity contribution in [1.82, 2.24) is 4.90 Å². The van der Waals surface area contributed by atoms with Crippen LogP contribution >= 0.6 is 0 Å². The van der Waals surface area contributed by atoms with Gasteiger partial charge in [-0.3, -0.25) is 0 Å². The summed E-state index contributed by atoms with van der Waals surface area (Å²) in [5.41, 5.74) is 1.40. The van der Waals surface area contributed by atoms with E-state index in [1.54, 1.807) is 0 Å². The summed E-state index contributed by atoms with van der Waals surface area (Å²) in [5.74, 6) is 1.00. The highest BCUT2D eigenvalue weighted by Gasteiger charge is 1.97. The molecule has 2 heteroatoms. The van der Waals surface area contributed by atoms with Crippen LogP contribution in [0.3, 0.4) is 0 Å². The molecule has 0 spiro atoms. The van der Waals surface area contributed by atoms with Gasteiger partial charge in [0.2, 0.25) is 0 Å². The van der Waals surface area contributed by atoms with Crippen molar-refractivity contribution >= 4 is 0 Å². The molecule has 2 nitrogen and oxygen atoms in total. The first kappa shape index (κ1) is 15.0. The number of rotatable bonds is 9. The lowest BCUT2D eigenvalue weighted by Gasteiger charge is -2.09. The summed E-state index contributed by atoms with van der Waals surface area (Å²) in [5, 5.41) is 0. The van der Waals surface area contributed by atoms with Gasteiger partial charge in [-0.25, -0.2) is 0 Å². The van der Waals surface area contributed by atoms with E-state index in [4.69, 9.17) is 4.74 Å². The van der Waals surface area contributed by atoms with Gasteiger partial charge in [-0.2, -0.15) is 0 Å². The Bertz CT molecular complexity index is 305. The fourth-order valence-corrected chi connectivity index (χ4v) is 1.89. The molecule has 18 heavy (non-hydrogen) atoms. The van der Waals surface area contributed by atoms with E-state index < -0.39 is 0 Å². The van der Waals surface area contributed by atoms with Crippen LogP contribution in [-0.2, 0) is 6.42 Å². The lowest BCUT2D eigenvalue weighted by Crippen LogP contribution is -2.13. The van der Waals surface area contributed by atoms with Crippen molar-refractivity contribution in [1.29, 1.82) is 0 Å². The second-order valence-electron chi connectivity index (χ2n) is 5.11. The third-order valence-corrected chi connectivity index (χ3v) is 3.01. The van der Waals surface area contributed by atoms with Gasteiger partial charge in [-0.1, -0.05) is 31.9 Å². The van der Waals surface area contributed by atoms with Crippen LogP contribution < -0.4 is 4.74 Å². The number of unbranched alkanes of at least 4 members (excludes halogenated alkanes) is 2. The molecule has 0 aliphatic rings. The van der Waals surface area contributed by atoms with E-state index in [0.717, 1.165) is 31.7 Å². The largest absolute Gasteiger partial charge is 0.494 e. The van der Waals surface area contributed by atoms with E-state index in [-0.39, 0.29) is 0 Å². The summed E-state index contributed by atoms with van der Waals surface area (Å²) in [6, 6.07) is 8.56. The molecule has 1 aromatic rings. The predicted molar refractivity (Wildman–Crippen MR) is 78.3 cm³/mol. The van der Waals surface area contributed by atoms with Gasteiger partial charge in [0.1, 0.15) is 5.75 Å². The SMILES string of the molecule is CCCCCOc1ccc(CCCN(C)C)cc1. The zero-order valence-electron chi connectivity index (χ0n) is 12.1.